The molecule has 0 atom stereocenters. The first-order valence-electron chi connectivity index (χ1n) is 4.29. The summed E-state index contributed by atoms with van der Waals surface area (Å²) < 4.78 is 5.01. The molecule has 1 aliphatic rings. The van der Waals surface area contributed by atoms with Crippen molar-refractivity contribution < 1.29 is 4.74 Å². The van der Waals surface area contributed by atoms with Crippen LogP contribution in [0.3, 0.4) is 0 Å². The Hall–Kier alpha value is -1.56. The van der Waals surface area contributed by atoms with Crippen molar-refractivity contribution in [2.24, 2.45) is 0 Å². The molecule has 1 aromatic rings. The van der Waals surface area contributed by atoms with E-state index in [4.69, 9.17) is 10.00 Å². The number of hydrogen-bond donors (Lipinski definition) is 0. The predicted molar refractivity (Wildman–Crippen MR) is 47.5 cm³/mol. The van der Waals surface area contributed by atoms with Crippen LogP contribution in [0.25, 0.3) is 0 Å². The third-order valence-electron chi connectivity index (χ3n) is 2.22. The van der Waals surface area contributed by atoms with E-state index < -0.39 is 0 Å². The number of ether oxygens (including phenoxy) is 1. The molecule has 66 valence electrons. The molecule has 13 heavy (non-hydrogen) atoms. The molecule has 2 rings (SSSR count). The fourth-order valence-corrected chi connectivity index (χ4v) is 1.31. The van der Waals surface area contributed by atoms with Gasteiger partial charge >= 0.3 is 0 Å². The Morgan fingerprint density at radius 3 is 2.92 bits per heavy atom. The number of nitrogens with zero attached hydrogens (tertiary/aromatic N) is 2. The van der Waals surface area contributed by atoms with Gasteiger partial charge in [0.1, 0.15) is 6.07 Å². The fraction of sp³-hybridized carbons (Fsp3) is 0.400. The van der Waals surface area contributed by atoms with E-state index in [9.17, 15) is 0 Å². The van der Waals surface area contributed by atoms with Gasteiger partial charge in [0.2, 0.25) is 0 Å². The van der Waals surface area contributed by atoms with E-state index in [1.165, 1.54) is 12.8 Å². The van der Waals surface area contributed by atoms with Crippen LogP contribution in [-0.2, 0) is 0 Å². The Kier molecular flexibility index (Phi) is 1.90. The van der Waals surface area contributed by atoms with Gasteiger partial charge in [-0.3, -0.25) is 4.98 Å². The summed E-state index contributed by atoms with van der Waals surface area (Å²) in [6, 6.07) is 3.93. The van der Waals surface area contributed by atoms with Crippen LogP contribution in [0, 0.1) is 11.3 Å². The highest BCUT2D eigenvalue weighted by Gasteiger charge is 2.25. The van der Waals surface area contributed by atoms with Crippen molar-refractivity contribution >= 4 is 0 Å². The molecule has 0 aromatic carbocycles. The summed E-state index contributed by atoms with van der Waals surface area (Å²) in [4.78, 5) is 4.24. The van der Waals surface area contributed by atoms with Crippen molar-refractivity contribution in [3.05, 3.63) is 23.5 Å². The van der Waals surface area contributed by atoms with Gasteiger partial charge in [-0.1, -0.05) is 0 Å². The number of methoxy groups -OCH3 is 1. The summed E-state index contributed by atoms with van der Waals surface area (Å²) in [5.41, 5.74) is 1.61. The van der Waals surface area contributed by atoms with Crippen LogP contribution in [0.1, 0.15) is 30.0 Å². The summed E-state index contributed by atoms with van der Waals surface area (Å²) in [6.07, 6.45) is 4.03. The summed E-state index contributed by atoms with van der Waals surface area (Å²) in [5.74, 6) is 1.14. The maximum Gasteiger partial charge on any atom is 0.154 e. The Bertz CT molecular complexity index is 364. The van der Waals surface area contributed by atoms with Gasteiger partial charge in [0.05, 0.1) is 18.9 Å². The zero-order valence-electron chi connectivity index (χ0n) is 7.45. The molecule has 1 aliphatic carbocycles. The molecule has 1 heterocycles. The third kappa shape index (κ3) is 1.48. The quantitative estimate of drug-likeness (QED) is 0.687. The molecule has 0 amide bonds. The van der Waals surface area contributed by atoms with Gasteiger partial charge in [-0.2, -0.15) is 5.26 Å². The van der Waals surface area contributed by atoms with Crippen LogP contribution in [0.5, 0.6) is 5.75 Å². The maximum atomic E-state index is 8.82. The lowest BCUT2D eigenvalue weighted by Gasteiger charge is -2.03. The molecule has 0 unspecified atom stereocenters. The van der Waals surface area contributed by atoms with E-state index >= 15 is 0 Å². The number of nitriles is 1. The first-order valence-corrected chi connectivity index (χ1v) is 4.29. The van der Waals surface area contributed by atoms with Crippen molar-refractivity contribution in [1.29, 1.82) is 5.26 Å². The normalized spacial score (nSPS) is 15.1. The monoisotopic (exact) mass is 174 g/mol. The van der Waals surface area contributed by atoms with Crippen LogP contribution in [0.15, 0.2) is 12.3 Å². The highest BCUT2D eigenvalue weighted by Crippen LogP contribution is 2.39. The predicted octanol–water partition coefficient (Wildman–Crippen LogP) is 1.84. The molecule has 0 N–H and O–H groups in total. The molecule has 0 spiro atoms. The smallest absolute Gasteiger partial charge is 0.154 e. The van der Waals surface area contributed by atoms with Crippen molar-refractivity contribution in [1.82, 2.24) is 4.98 Å². The molecule has 1 aromatic heterocycles. The standard InChI is InChI=1S/C10H10N2O/c1-13-10-6-12-9(7-2-3-7)4-8(10)5-11/h4,6-7H,2-3H2,1H3. The van der Waals surface area contributed by atoms with Crippen LogP contribution >= 0.6 is 0 Å². The van der Waals surface area contributed by atoms with E-state index in [2.05, 4.69) is 11.1 Å². The van der Waals surface area contributed by atoms with Gasteiger partial charge in [0.15, 0.2) is 5.75 Å². The number of hydrogen-bond acceptors (Lipinski definition) is 3. The van der Waals surface area contributed by atoms with Gasteiger partial charge in [-0.25, -0.2) is 0 Å². The van der Waals surface area contributed by atoms with Crippen molar-refractivity contribution in [2.45, 2.75) is 18.8 Å². The average Bonchev–Trinajstić information content (AvgIpc) is 3.00. The van der Waals surface area contributed by atoms with Crippen LogP contribution in [0.2, 0.25) is 0 Å². The maximum absolute atomic E-state index is 8.82. The second-order valence-corrected chi connectivity index (χ2v) is 3.20. The van der Waals surface area contributed by atoms with Gasteiger partial charge in [-0.05, 0) is 18.9 Å². The number of rotatable bonds is 2. The largest absolute Gasteiger partial charge is 0.494 e. The lowest BCUT2D eigenvalue weighted by atomic mass is 10.2. The summed E-state index contributed by atoms with van der Waals surface area (Å²) in [5, 5.41) is 8.82. The van der Waals surface area contributed by atoms with Crippen molar-refractivity contribution in [3.8, 4) is 11.8 Å². The van der Waals surface area contributed by atoms with Crippen molar-refractivity contribution in [2.75, 3.05) is 7.11 Å². The fourth-order valence-electron chi connectivity index (χ4n) is 1.31. The van der Waals surface area contributed by atoms with E-state index in [1.54, 1.807) is 13.3 Å². The SMILES string of the molecule is COc1cnc(C2CC2)cc1C#N. The number of pyridine rings is 1. The van der Waals surface area contributed by atoms with E-state index in [-0.39, 0.29) is 0 Å². The van der Waals surface area contributed by atoms with E-state index in [0.717, 1.165) is 5.69 Å². The molecule has 0 aliphatic heterocycles. The molecule has 0 saturated heterocycles. The Labute approximate surface area is 77.0 Å². The summed E-state index contributed by atoms with van der Waals surface area (Å²) >= 11 is 0. The Balaban J connectivity index is 2.38. The minimum Gasteiger partial charge on any atom is -0.494 e. The summed E-state index contributed by atoms with van der Waals surface area (Å²) in [7, 11) is 1.55. The topological polar surface area (TPSA) is 45.9 Å². The van der Waals surface area contributed by atoms with Crippen molar-refractivity contribution in [3.63, 3.8) is 0 Å². The average molecular weight is 174 g/mol. The molecule has 1 saturated carbocycles. The minimum absolute atomic E-state index is 0.562. The molecular formula is C10H10N2O. The molecular weight excluding hydrogens is 164 g/mol. The van der Waals surface area contributed by atoms with Gasteiger partial charge in [0, 0.05) is 11.6 Å². The zero-order chi connectivity index (χ0) is 9.26. The molecule has 0 radical (unpaired) electrons. The molecule has 3 heteroatoms. The van der Waals surface area contributed by atoms with Crippen LogP contribution in [0.4, 0.5) is 0 Å². The second kappa shape index (κ2) is 3.06. The third-order valence-corrected chi connectivity index (χ3v) is 2.22. The second-order valence-electron chi connectivity index (χ2n) is 3.20. The molecule has 3 nitrogen and oxygen atoms in total. The lowest BCUT2D eigenvalue weighted by molar-refractivity contribution is 0.411. The van der Waals surface area contributed by atoms with Gasteiger partial charge in [-0.15, -0.1) is 0 Å². The van der Waals surface area contributed by atoms with E-state index in [0.29, 0.717) is 17.2 Å². The Morgan fingerprint density at radius 2 is 2.38 bits per heavy atom. The molecule has 0 bridgehead atoms. The van der Waals surface area contributed by atoms with E-state index in [1.807, 2.05) is 6.07 Å². The van der Waals surface area contributed by atoms with Gasteiger partial charge in [0.25, 0.3) is 0 Å². The highest BCUT2D eigenvalue weighted by molar-refractivity contribution is 5.43. The zero-order valence-corrected chi connectivity index (χ0v) is 7.45. The highest BCUT2D eigenvalue weighted by atomic mass is 16.5. The first-order chi connectivity index (χ1) is 6.35. The first kappa shape index (κ1) is 8.06. The molecule has 1 fully saturated rings. The minimum atomic E-state index is 0.562. The Morgan fingerprint density at radius 1 is 1.62 bits per heavy atom. The van der Waals surface area contributed by atoms with Gasteiger partial charge < -0.3 is 4.74 Å². The number of aromatic nitrogens is 1. The lowest BCUT2D eigenvalue weighted by Crippen LogP contribution is -1.93. The summed E-state index contributed by atoms with van der Waals surface area (Å²) in [6.45, 7) is 0. The van der Waals surface area contributed by atoms with Crippen LogP contribution < -0.4 is 4.74 Å². The van der Waals surface area contributed by atoms with Crippen LogP contribution in [-0.4, -0.2) is 12.1 Å².